The molecule has 4 rings (SSSR count). The number of ether oxygens (including phenoxy) is 1. The third kappa shape index (κ3) is 2.61. The highest BCUT2D eigenvalue weighted by Crippen LogP contribution is 2.28. The van der Waals surface area contributed by atoms with Crippen molar-refractivity contribution in [3.8, 4) is 5.75 Å². The highest BCUT2D eigenvalue weighted by Gasteiger charge is 2.14. The zero-order chi connectivity index (χ0) is 16.5. The van der Waals surface area contributed by atoms with Crippen molar-refractivity contribution in [3.05, 3.63) is 71.6 Å². The first-order valence-corrected chi connectivity index (χ1v) is 8.48. The second kappa shape index (κ2) is 5.98. The van der Waals surface area contributed by atoms with Gasteiger partial charge in [-0.2, -0.15) is 0 Å². The number of benzene rings is 3. The minimum Gasteiger partial charge on any atom is -0.496 e. The van der Waals surface area contributed by atoms with E-state index < -0.39 is 0 Å². The second-order valence-electron chi connectivity index (χ2n) is 5.53. The third-order valence-electron chi connectivity index (χ3n) is 4.02. The largest absolute Gasteiger partial charge is 0.496 e. The molecule has 0 fully saturated rings. The molecule has 0 aliphatic carbocycles. The van der Waals surface area contributed by atoms with Crippen molar-refractivity contribution in [2.75, 3.05) is 12.4 Å². The van der Waals surface area contributed by atoms with Crippen molar-refractivity contribution in [1.82, 2.24) is 0 Å². The molecule has 1 heterocycles. The van der Waals surface area contributed by atoms with E-state index in [1.807, 2.05) is 66.0 Å². The monoisotopic (exact) mass is 333 g/mol. The second-order valence-corrected chi connectivity index (χ2v) is 6.47. The number of methoxy groups -OCH3 is 1. The summed E-state index contributed by atoms with van der Waals surface area (Å²) in [7, 11) is 1.58. The molecule has 1 aromatic heterocycles. The Bertz CT molecular complexity index is 1050. The molecule has 24 heavy (non-hydrogen) atoms. The Morgan fingerprint density at radius 3 is 2.54 bits per heavy atom. The lowest BCUT2D eigenvalue weighted by Crippen LogP contribution is -2.13. The van der Waals surface area contributed by atoms with Gasteiger partial charge in [-0.1, -0.05) is 24.3 Å². The summed E-state index contributed by atoms with van der Waals surface area (Å²) in [6, 6.07) is 19.7. The quantitative estimate of drug-likeness (QED) is 0.551. The van der Waals surface area contributed by atoms with Crippen LogP contribution >= 0.6 is 11.3 Å². The van der Waals surface area contributed by atoms with Crippen molar-refractivity contribution in [2.45, 2.75) is 0 Å². The van der Waals surface area contributed by atoms with Gasteiger partial charge in [0.15, 0.2) is 0 Å². The predicted octanol–water partition coefficient (Wildman–Crippen LogP) is 5.32. The fraction of sp³-hybridized carbons (Fsp3) is 0.0500. The van der Waals surface area contributed by atoms with Gasteiger partial charge < -0.3 is 10.1 Å². The van der Waals surface area contributed by atoms with E-state index >= 15 is 0 Å². The number of carbonyl (C=O) groups excluding carboxylic acids is 1. The highest BCUT2D eigenvalue weighted by molar-refractivity contribution is 7.17. The van der Waals surface area contributed by atoms with Crippen LogP contribution in [0.5, 0.6) is 5.75 Å². The number of hydrogen-bond donors (Lipinski definition) is 1. The molecule has 1 N–H and O–H groups in total. The van der Waals surface area contributed by atoms with Crippen LogP contribution in [-0.2, 0) is 0 Å². The van der Waals surface area contributed by atoms with Gasteiger partial charge >= 0.3 is 0 Å². The Morgan fingerprint density at radius 2 is 1.75 bits per heavy atom. The van der Waals surface area contributed by atoms with Crippen LogP contribution in [0.25, 0.3) is 20.9 Å². The molecule has 4 heteroatoms. The topological polar surface area (TPSA) is 38.3 Å². The Labute approximate surface area is 143 Å². The molecule has 0 aliphatic heterocycles. The molecule has 0 radical (unpaired) electrons. The van der Waals surface area contributed by atoms with E-state index in [4.69, 9.17) is 4.74 Å². The fourth-order valence-electron chi connectivity index (χ4n) is 2.81. The molecule has 0 bridgehead atoms. The van der Waals surface area contributed by atoms with Gasteiger partial charge in [-0.05, 0) is 57.9 Å². The molecule has 1 amide bonds. The van der Waals surface area contributed by atoms with Gasteiger partial charge in [-0.25, -0.2) is 0 Å². The van der Waals surface area contributed by atoms with Crippen LogP contribution < -0.4 is 10.1 Å². The summed E-state index contributed by atoms with van der Waals surface area (Å²) in [6.45, 7) is 0. The van der Waals surface area contributed by atoms with Crippen LogP contribution in [0.2, 0.25) is 0 Å². The highest BCUT2D eigenvalue weighted by atomic mass is 32.1. The molecular formula is C20H15NO2S. The van der Waals surface area contributed by atoms with Crippen molar-refractivity contribution in [1.29, 1.82) is 0 Å². The van der Waals surface area contributed by atoms with Gasteiger partial charge in [-0.3, -0.25) is 4.79 Å². The zero-order valence-electron chi connectivity index (χ0n) is 13.1. The number of nitrogens with one attached hydrogen (secondary N) is 1. The van der Waals surface area contributed by atoms with E-state index in [1.165, 1.54) is 4.70 Å². The number of amides is 1. The van der Waals surface area contributed by atoms with Gasteiger partial charge in [0.1, 0.15) is 5.75 Å². The van der Waals surface area contributed by atoms with Crippen LogP contribution in [-0.4, -0.2) is 13.0 Å². The maximum atomic E-state index is 12.7. The normalized spacial score (nSPS) is 10.9. The smallest absolute Gasteiger partial charge is 0.259 e. The number of rotatable bonds is 3. The lowest BCUT2D eigenvalue weighted by Gasteiger charge is -2.11. The van der Waals surface area contributed by atoms with Crippen molar-refractivity contribution in [3.63, 3.8) is 0 Å². The third-order valence-corrected chi connectivity index (χ3v) is 4.92. The lowest BCUT2D eigenvalue weighted by molar-refractivity contribution is 0.102. The number of thiophene rings is 1. The summed E-state index contributed by atoms with van der Waals surface area (Å²) in [5, 5.41) is 8.20. The summed E-state index contributed by atoms with van der Waals surface area (Å²) in [4.78, 5) is 12.7. The molecule has 3 aromatic carbocycles. The van der Waals surface area contributed by atoms with Crippen molar-refractivity contribution < 1.29 is 9.53 Å². The molecule has 0 aliphatic rings. The Hall–Kier alpha value is -2.85. The maximum Gasteiger partial charge on any atom is 0.259 e. The predicted molar refractivity (Wildman–Crippen MR) is 100 cm³/mol. The first-order valence-electron chi connectivity index (χ1n) is 7.60. The summed E-state index contributed by atoms with van der Waals surface area (Å²) < 4.78 is 6.62. The molecule has 0 atom stereocenters. The minimum absolute atomic E-state index is 0.174. The summed E-state index contributed by atoms with van der Waals surface area (Å²) in [6.07, 6.45) is 0. The summed E-state index contributed by atoms with van der Waals surface area (Å²) >= 11 is 1.69. The number of anilines is 1. The molecule has 4 aromatic rings. The Kier molecular flexibility index (Phi) is 3.67. The van der Waals surface area contributed by atoms with E-state index in [9.17, 15) is 4.79 Å². The van der Waals surface area contributed by atoms with Crippen LogP contribution in [0.1, 0.15) is 10.4 Å². The van der Waals surface area contributed by atoms with Crippen molar-refractivity contribution >= 4 is 43.8 Å². The molecule has 0 saturated carbocycles. The van der Waals surface area contributed by atoms with E-state index in [0.29, 0.717) is 11.3 Å². The summed E-state index contributed by atoms with van der Waals surface area (Å²) in [5.74, 6) is 0.398. The zero-order valence-corrected chi connectivity index (χ0v) is 13.9. The van der Waals surface area contributed by atoms with E-state index in [-0.39, 0.29) is 5.91 Å². The van der Waals surface area contributed by atoms with E-state index in [2.05, 4.69) is 5.32 Å². The standard InChI is InChI=1S/C20H15NO2S/c1-23-18-12-14-5-3-2-4-13(14)11-17(18)20(22)21-16-6-7-19-15(10-16)8-9-24-19/h2-12H,1H3,(H,21,22). The van der Waals surface area contributed by atoms with Crippen molar-refractivity contribution in [2.24, 2.45) is 0 Å². The molecule has 118 valence electrons. The van der Waals surface area contributed by atoms with Gasteiger partial charge in [0.25, 0.3) is 5.91 Å². The van der Waals surface area contributed by atoms with Crippen LogP contribution in [0.15, 0.2) is 66.0 Å². The van der Waals surface area contributed by atoms with E-state index in [0.717, 1.165) is 21.8 Å². The molecule has 3 nitrogen and oxygen atoms in total. The lowest BCUT2D eigenvalue weighted by atomic mass is 10.1. The van der Waals surface area contributed by atoms with Crippen LogP contribution in [0, 0.1) is 0 Å². The average Bonchev–Trinajstić information content (AvgIpc) is 3.08. The van der Waals surface area contributed by atoms with Gasteiger partial charge in [0, 0.05) is 10.4 Å². The number of carbonyl (C=O) groups is 1. The fourth-order valence-corrected chi connectivity index (χ4v) is 3.58. The maximum absolute atomic E-state index is 12.7. The average molecular weight is 333 g/mol. The number of fused-ring (bicyclic) bond motifs is 2. The molecular weight excluding hydrogens is 318 g/mol. The van der Waals surface area contributed by atoms with E-state index in [1.54, 1.807) is 18.4 Å². The van der Waals surface area contributed by atoms with Gasteiger partial charge in [0.2, 0.25) is 0 Å². The molecule has 0 unspecified atom stereocenters. The Morgan fingerprint density at radius 1 is 0.958 bits per heavy atom. The molecule has 0 spiro atoms. The first kappa shape index (κ1) is 14.7. The van der Waals surface area contributed by atoms with Crippen LogP contribution in [0.4, 0.5) is 5.69 Å². The van der Waals surface area contributed by atoms with Gasteiger partial charge in [0.05, 0.1) is 12.7 Å². The Balaban J connectivity index is 1.71. The molecule has 0 saturated heterocycles. The summed E-state index contributed by atoms with van der Waals surface area (Å²) in [5.41, 5.74) is 1.31. The SMILES string of the molecule is COc1cc2ccccc2cc1C(=O)Nc1ccc2sccc2c1. The van der Waals surface area contributed by atoms with Gasteiger partial charge in [-0.15, -0.1) is 11.3 Å². The first-order chi connectivity index (χ1) is 11.7. The minimum atomic E-state index is -0.174. The number of hydrogen-bond acceptors (Lipinski definition) is 3. The van der Waals surface area contributed by atoms with Crippen LogP contribution in [0.3, 0.4) is 0 Å².